The van der Waals surface area contributed by atoms with Gasteiger partial charge in [0.1, 0.15) is 22.8 Å². The fraction of sp³-hybridized carbons (Fsp3) is 0.556. The third-order valence-corrected chi connectivity index (χ3v) is 6.72. The molecule has 1 atom stereocenters. The number of carbonyl (C=O) groups excluding carboxylic acids is 3. The Bertz CT molecular complexity index is 980. The van der Waals surface area contributed by atoms with Gasteiger partial charge in [0.2, 0.25) is 5.91 Å². The predicted molar refractivity (Wildman–Crippen MR) is 102 cm³/mol. The molecular formula is C18H23N3O7S. The van der Waals surface area contributed by atoms with E-state index >= 15 is 0 Å². The number of ether oxygens (including phenoxy) is 1. The molecule has 1 fully saturated rings. The second-order valence-electron chi connectivity index (χ2n) is 7.18. The molecule has 29 heavy (non-hydrogen) atoms. The van der Waals surface area contributed by atoms with Gasteiger partial charge in [-0.25, -0.2) is 18.2 Å². The second-order valence-corrected chi connectivity index (χ2v) is 9.41. The summed E-state index contributed by atoms with van der Waals surface area (Å²) in [4.78, 5) is 38.0. The zero-order valence-corrected chi connectivity index (χ0v) is 17.3. The van der Waals surface area contributed by atoms with Crippen molar-refractivity contribution in [3.05, 3.63) is 23.2 Å². The Hall–Kier alpha value is -2.69. The molecule has 1 aromatic rings. The average Bonchev–Trinajstić information content (AvgIpc) is 3.22. The van der Waals surface area contributed by atoms with Crippen LogP contribution in [0.25, 0.3) is 0 Å². The van der Waals surface area contributed by atoms with Gasteiger partial charge in [-0.15, -0.1) is 0 Å². The van der Waals surface area contributed by atoms with E-state index in [1.807, 2.05) is 0 Å². The first kappa shape index (κ1) is 21.0. The van der Waals surface area contributed by atoms with Gasteiger partial charge in [-0.3, -0.25) is 9.59 Å². The standard InChI is InChI=1S/C18H23N3O7S/c1-11-14(18(24)27-3)8-13(28-11)9-20(2)17(23)15-4-5-16(22)21(19-15)12-6-7-29(25,26)10-12/h8,12H,4-7,9-10H2,1-3H3. The number of nitrogens with zero attached hydrogens (tertiary/aromatic N) is 3. The second kappa shape index (κ2) is 7.97. The molecule has 0 spiro atoms. The molecule has 10 nitrogen and oxygen atoms in total. The van der Waals surface area contributed by atoms with E-state index in [0.717, 1.165) is 5.01 Å². The van der Waals surface area contributed by atoms with Crippen LogP contribution in [0.2, 0.25) is 0 Å². The van der Waals surface area contributed by atoms with Crippen molar-refractivity contribution < 1.29 is 32.0 Å². The molecule has 1 saturated heterocycles. The molecule has 3 heterocycles. The number of aryl methyl sites for hydroxylation is 1. The Morgan fingerprint density at radius 3 is 2.72 bits per heavy atom. The third kappa shape index (κ3) is 4.50. The number of methoxy groups -OCH3 is 1. The van der Waals surface area contributed by atoms with E-state index in [9.17, 15) is 22.8 Å². The lowest BCUT2D eigenvalue weighted by molar-refractivity contribution is -0.134. The number of carbonyl (C=O) groups is 3. The average molecular weight is 425 g/mol. The highest BCUT2D eigenvalue weighted by Crippen LogP contribution is 2.23. The molecule has 2 aliphatic heterocycles. The monoisotopic (exact) mass is 425 g/mol. The van der Waals surface area contributed by atoms with Crippen LogP contribution < -0.4 is 0 Å². The molecule has 158 valence electrons. The molecule has 0 bridgehead atoms. The summed E-state index contributed by atoms with van der Waals surface area (Å²) < 4.78 is 33.6. The van der Waals surface area contributed by atoms with Crippen LogP contribution in [0.1, 0.15) is 41.1 Å². The first-order valence-electron chi connectivity index (χ1n) is 9.14. The fourth-order valence-corrected chi connectivity index (χ4v) is 5.13. The van der Waals surface area contributed by atoms with Crippen LogP contribution in [-0.4, -0.2) is 73.5 Å². The van der Waals surface area contributed by atoms with Crippen LogP contribution in [0.4, 0.5) is 0 Å². The van der Waals surface area contributed by atoms with Crippen molar-refractivity contribution in [2.75, 3.05) is 25.7 Å². The van der Waals surface area contributed by atoms with Gasteiger partial charge in [-0.1, -0.05) is 0 Å². The summed E-state index contributed by atoms with van der Waals surface area (Å²) in [7, 11) is -0.354. The Labute approximate surface area is 168 Å². The van der Waals surface area contributed by atoms with Crippen LogP contribution >= 0.6 is 0 Å². The number of rotatable bonds is 5. The lowest BCUT2D eigenvalue weighted by Crippen LogP contribution is -2.44. The molecule has 0 aliphatic carbocycles. The van der Waals surface area contributed by atoms with Gasteiger partial charge in [0, 0.05) is 19.9 Å². The van der Waals surface area contributed by atoms with Crippen LogP contribution in [0.15, 0.2) is 15.6 Å². The Balaban J connectivity index is 1.72. The summed E-state index contributed by atoms with van der Waals surface area (Å²) in [5.41, 5.74) is 0.477. The minimum Gasteiger partial charge on any atom is -0.465 e. The van der Waals surface area contributed by atoms with Gasteiger partial charge >= 0.3 is 5.97 Å². The number of sulfone groups is 1. The van der Waals surface area contributed by atoms with Gasteiger partial charge in [0.05, 0.1) is 31.2 Å². The highest BCUT2D eigenvalue weighted by atomic mass is 32.2. The summed E-state index contributed by atoms with van der Waals surface area (Å²) in [6, 6.07) is 0.989. The van der Waals surface area contributed by atoms with Crippen molar-refractivity contribution in [1.29, 1.82) is 0 Å². The van der Waals surface area contributed by atoms with E-state index < -0.39 is 27.8 Å². The van der Waals surface area contributed by atoms with Crippen molar-refractivity contribution in [2.24, 2.45) is 5.10 Å². The van der Waals surface area contributed by atoms with Crippen molar-refractivity contribution >= 4 is 33.3 Å². The van der Waals surface area contributed by atoms with Crippen molar-refractivity contribution in [3.63, 3.8) is 0 Å². The minimum atomic E-state index is -3.18. The Kier molecular flexibility index (Phi) is 5.78. The number of furan rings is 1. The molecular weight excluding hydrogens is 402 g/mol. The summed E-state index contributed by atoms with van der Waals surface area (Å²) in [5.74, 6) is -0.523. The van der Waals surface area contributed by atoms with Crippen molar-refractivity contribution in [1.82, 2.24) is 9.91 Å². The summed E-state index contributed by atoms with van der Waals surface area (Å²) >= 11 is 0. The molecule has 2 aliphatic rings. The maximum Gasteiger partial charge on any atom is 0.341 e. The lowest BCUT2D eigenvalue weighted by atomic mass is 10.1. The smallest absolute Gasteiger partial charge is 0.341 e. The van der Waals surface area contributed by atoms with Crippen LogP contribution in [0.5, 0.6) is 0 Å². The van der Waals surface area contributed by atoms with Crippen LogP contribution in [-0.2, 0) is 30.7 Å². The molecule has 0 aromatic carbocycles. The summed E-state index contributed by atoms with van der Waals surface area (Å²) in [5, 5.41) is 5.33. The molecule has 1 aromatic heterocycles. The Morgan fingerprint density at radius 2 is 2.10 bits per heavy atom. The summed E-state index contributed by atoms with van der Waals surface area (Å²) in [6.45, 7) is 1.73. The van der Waals surface area contributed by atoms with Gasteiger partial charge in [0.25, 0.3) is 5.91 Å². The first-order chi connectivity index (χ1) is 13.6. The maximum atomic E-state index is 12.8. The number of hydrazone groups is 1. The summed E-state index contributed by atoms with van der Waals surface area (Å²) in [6.07, 6.45) is 0.598. The van der Waals surface area contributed by atoms with Gasteiger partial charge in [-0.05, 0) is 19.4 Å². The van der Waals surface area contributed by atoms with E-state index in [0.29, 0.717) is 17.9 Å². The van der Waals surface area contributed by atoms with Crippen molar-refractivity contribution in [3.8, 4) is 0 Å². The maximum absolute atomic E-state index is 12.8. The van der Waals surface area contributed by atoms with E-state index in [1.54, 1.807) is 14.0 Å². The molecule has 0 saturated carbocycles. The highest BCUT2D eigenvalue weighted by Gasteiger charge is 2.37. The first-order valence-corrected chi connectivity index (χ1v) is 11.0. The third-order valence-electron chi connectivity index (χ3n) is 4.97. The van der Waals surface area contributed by atoms with E-state index in [4.69, 9.17) is 4.42 Å². The molecule has 2 amide bonds. The van der Waals surface area contributed by atoms with Gasteiger partial charge in [-0.2, -0.15) is 5.10 Å². The number of hydrogen-bond acceptors (Lipinski definition) is 8. The van der Waals surface area contributed by atoms with E-state index in [-0.39, 0.29) is 48.1 Å². The van der Waals surface area contributed by atoms with E-state index in [1.165, 1.54) is 18.1 Å². The minimum absolute atomic E-state index is 0.0144. The molecule has 0 radical (unpaired) electrons. The molecule has 3 rings (SSSR count). The molecule has 11 heteroatoms. The zero-order chi connectivity index (χ0) is 21.3. The quantitative estimate of drug-likeness (QED) is 0.629. The largest absolute Gasteiger partial charge is 0.465 e. The van der Waals surface area contributed by atoms with Crippen LogP contribution in [0, 0.1) is 6.92 Å². The number of esters is 1. The zero-order valence-electron chi connectivity index (χ0n) is 16.5. The normalized spacial score (nSPS) is 21.1. The van der Waals surface area contributed by atoms with Gasteiger partial charge < -0.3 is 14.1 Å². The SMILES string of the molecule is COC(=O)c1cc(CN(C)C(=O)C2=NN(C3CCS(=O)(=O)C3)C(=O)CC2)oc1C. The fourth-order valence-electron chi connectivity index (χ4n) is 3.44. The highest BCUT2D eigenvalue weighted by molar-refractivity contribution is 7.91. The van der Waals surface area contributed by atoms with Crippen molar-refractivity contribution in [2.45, 2.75) is 38.8 Å². The van der Waals surface area contributed by atoms with E-state index in [2.05, 4.69) is 9.84 Å². The molecule has 0 N–H and O–H groups in total. The topological polar surface area (TPSA) is 127 Å². The Morgan fingerprint density at radius 1 is 1.38 bits per heavy atom. The lowest BCUT2D eigenvalue weighted by Gasteiger charge is -2.28. The van der Waals surface area contributed by atoms with Gasteiger partial charge in [0.15, 0.2) is 9.84 Å². The predicted octanol–water partition coefficient (Wildman–Crippen LogP) is 0.499. The number of amides is 2. The number of hydrogen-bond donors (Lipinski definition) is 0. The molecule has 1 unspecified atom stereocenters. The van der Waals surface area contributed by atoms with Crippen LogP contribution in [0.3, 0.4) is 0 Å².